The number of guanidine groups is 1. The SMILES string of the molecule is CN=C(NCC(c1ccccc1)N(C)C)N1CCC(COC)C1. The van der Waals surface area contributed by atoms with Crippen LogP contribution in [0.15, 0.2) is 35.3 Å². The van der Waals surface area contributed by atoms with Gasteiger partial charge in [0.1, 0.15) is 0 Å². The molecule has 0 aliphatic carbocycles. The first-order valence-electron chi connectivity index (χ1n) is 8.31. The van der Waals surface area contributed by atoms with Crippen molar-refractivity contribution in [3.63, 3.8) is 0 Å². The van der Waals surface area contributed by atoms with Crippen LogP contribution in [0.4, 0.5) is 0 Å². The average molecular weight is 318 g/mol. The van der Waals surface area contributed by atoms with Crippen molar-refractivity contribution in [1.29, 1.82) is 0 Å². The molecular formula is C18H30N4O. The summed E-state index contributed by atoms with van der Waals surface area (Å²) in [6.45, 7) is 3.74. The highest BCUT2D eigenvalue weighted by Crippen LogP contribution is 2.19. The van der Waals surface area contributed by atoms with Crippen molar-refractivity contribution < 1.29 is 4.74 Å². The highest BCUT2D eigenvalue weighted by Gasteiger charge is 2.25. The first-order valence-corrected chi connectivity index (χ1v) is 8.31. The second-order valence-electron chi connectivity index (χ2n) is 6.37. The van der Waals surface area contributed by atoms with E-state index in [9.17, 15) is 0 Å². The molecule has 1 heterocycles. The van der Waals surface area contributed by atoms with Gasteiger partial charge in [0.15, 0.2) is 5.96 Å². The summed E-state index contributed by atoms with van der Waals surface area (Å²) in [5.41, 5.74) is 1.32. The van der Waals surface area contributed by atoms with Gasteiger partial charge in [-0.1, -0.05) is 30.3 Å². The molecule has 1 aliphatic heterocycles. The minimum Gasteiger partial charge on any atom is -0.384 e. The predicted octanol–water partition coefficient (Wildman–Crippen LogP) is 1.83. The molecule has 23 heavy (non-hydrogen) atoms. The summed E-state index contributed by atoms with van der Waals surface area (Å²) in [7, 11) is 7.87. The van der Waals surface area contributed by atoms with Gasteiger partial charge in [0.25, 0.3) is 0 Å². The second kappa shape index (κ2) is 8.89. The lowest BCUT2D eigenvalue weighted by atomic mass is 10.1. The second-order valence-corrected chi connectivity index (χ2v) is 6.37. The first-order chi connectivity index (χ1) is 11.2. The fraction of sp³-hybridized carbons (Fsp3) is 0.611. The molecule has 1 aromatic rings. The normalized spacial score (nSPS) is 20.1. The maximum atomic E-state index is 5.28. The number of aliphatic imine (C=N–C) groups is 1. The summed E-state index contributed by atoms with van der Waals surface area (Å²) in [6.07, 6.45) is 1.17. The standard InChI is InChI=1S/C18H30N4O/c1-19-18(22-11-10-15(13-22)14-23-4)20-12-17(21(2)3)16-8-6-5-7-9-16/h5-9,15,17H,10-14H2,1-4H3,(H,19,20). The molecule has 0 bridgehead atoms. The van der Waals surface area contributed by atoms with Crippen LogP contribution >= 0.6 is 0 Å². The van der Waals surface area contributed by atoms with Crippen LogP contribution in [0.5, 0.6) is 0 Å². The third-order valence-corrected chi connectivity index (χ3v) is 4.46. The molecule has 1 fully saturated rings. The van der Waals surface area contributed by atoms with E-state index in [-0.39, 0.29) is 0 Å². The van der Waals surface area contributed by atoms with Gasteiger partial charge in [0.2, 0.25) is 0 Å². The van der Waals surface area contributed by atoms with Gasteiger partial charge in [0.05, 0.1) is 12.6 Å². The number of hydrogen-bond acceptors (Lipinski definition) is 3. The maximum absolute atomic E-state index is 5.28. The Morgan fingerprint density at radius 2 is 2.13 bits per heavy atom. The number of ether oxygens (including phenoxy) is 1. The maximum Gasteiger partial charge on any atom is 0.193 e. The Balaban J connectivity index is 1.94. The van der Waals surface area contributed by atoms with Crippen molar-refractivity contribution in [3.8, 4) is 0 Å². The van der Waals surface area contributed by atoms with Crippen LogP contribution in [-0.4, -0.2) is 70.3 Å². The van der Waals surface area contributed by atoms with E-state index in [1.165, 1.54) is 12.0 Å². The molecule has 5 nitrogen and oxygen atoms in total. The smallest absolute Gasteiger partial charge is 0.193 e. The number of methoxy groups -OCH3 is 1. The van der Waals surface area contributed by atoms with Crippen molar-refractivity contribution in [2.75, 3.05) is 54.5 Å². The Hall–Kier alpha value is -1.59. The summed E-state index contributed by atoms with van der Waals surface area (Å²) in [5.74, 6) is 1.60. The van der Waals surface area contributed by atoms with E-state index < -0.39 is 0 Å². The first kappa shape index (κ1) is 17.8. The van der Waals surface area contributed by atoms with Gasteiger partial charge in [-0.15, -0.1) is 0 Å². The largest absolute Gasteiger partial charge is 0.384 e. The van der Waals surface area contributed by atoms with Crippen molar-refractivity contribution in [2.45, 2.75) is 12.5 Å². The molecule has 0 saturated carbocycles. The van der Waals surface area contributed by atoms with Gasteiger partial charge >= 0.3 is 0 Å². The van der Waals surface area contributed by atoms with Crippen LogP contribution < -0.4 is 5.32 Å². The van der Waals surface area contributed by atoms with E-state index in [0.717, 1.165) is 32.2 Å². The number of nitrogens with zero attached hydrogens (tertiary/aromatic N) is 3. The Morgan fingerprint density at radius 3 is 2.74 bits per heavy atom. The van der Waals surface area contributed by atoms with Gasteiger partial charge in [-0.2, -0.15) is 0 Å². The highest BCUT2D eigenvalue weighted by atomic mass is 16.5. The highest BCUT2D eigenvalue weighted by molar-refractivity contribution is 5.80. The summed E-state index contributed by atoms with van der Waals surface area (Å²) in [4.78, 5) is 9.04. The summed E-state index contributed by atoms with van der Waals surface area (Å²) >= 11 is 0. The van der Waals surface area contributed by atoms with Crippen LogP contribution in [0.3, 0.4) is 0 Å². The van der Waals surface area contributed by atoms with Crippen molar-refractivity contribution in [1.82, 2.24) is 15.1 Å². The van der Waals surface area contributed by atoms with Crippen LogP contribution in [0, 0.1) is 5.92 Å². The third kappa shape index (κ3) is 4.94. The number of likely N-dealkylation sites (tertiary alicyclic amines) is 1. The van der Waals surface area contributed by atoms with Gasteiger partial charge < -0.3 is 19.9 Å². The van der Waals surface area contributed by atoms with Gasteiger partial charge in [-0.3, -0.25) is 4.99 Å². The van der Waals surface area contributed by atoms with E-state index in [2.05, 4.69) is 64.5 Å². The third-order valence-electron chi connectivity index (χ3n) is 4.46. The molecule has 2 rings (SSSR count). The molecule has 0 radical (unpaired) electrons. The molecule has 1 saturated heterocycles. The molecule has 2 atom stereocenters. The van der Waals surface area contributed by atoms with E-state index in [1.807, 2.05) is 7.05 Å². The summed E-state index contributed by atoms with van der Waals surface area (Å²) in [6, 6.07) is 10.9. The van der Waals surface area contributed by atoms with Crippen molar-refractivity contribution >= 4 is 5.96 Å². The monoisotopic (exact) mass is 318 g/mol. The van der Waals surface area contributed by atoms with Crippen LogP contribution in [0.2, 0.25) is 0 Å². The quantitative estimate of drug-likeness (QED) is 0.642. The van der Waals surface area contributed by atoms with Gasteiger partial charge in [-0.25, -0.2) is 0 Å². The molecular weight excluding hydrogens is 288 g/mol. The Bertz CT molecular complexity index is 489. The van der Waals surface area contributed by atoms with E-state index in [0.29, 0.717) is 12.0 Å². The lowest BCUT2D eigenvalue weighted by Gasteiger charge is -2.28. The zero-order valence-electron chi connectivity index (χ0n) is 14.8. The molecule has 1 aliphatic rings. The Labute approximate surface area is 140 Å². The van der Waals surface area contributed by atoms with E-state index in [4.69, 9.17) is 4.74 Å². The lowest BCUT2D eigenvalue weighted by Crippen LogP contribution is -2.43. The summed E-state index contributed by atoms with van der Waals surface area (Å²) in [5, 5.41) is 3.55. The number of nitrogens with one attached hydrogen (secondary N) is 1. The fourth-order valence-corrected chi connectivity index (χ4v) is 3.19. The number of rotatable bonds is 6. The molecule has 2 unspecified atom stereocenters. The van der Waals surface area contributed by atoms with Gasteiger partial charge in [0, 0.05) is 39.7 Å². The van der Waals surface area contributed by atoms with Crippen LogP contribution in [0.1, 0.15) is 18.0 Å². The molecule has 0 amide bonds. The number of likely N-dealkylation sites (N-methyl/N-ethyl adjacent to an activating group) is 1. The van der Waals surface area contributed by atoms with E-state index >= 15 is 0 Å². The summed E-state index contributed by atoms with van der Waals surface area (Å²) < 4.78 is 5.28. The van der Waals surface area contributed by atoms with Crippen LogP contribution in [0.25, 0.3) is 0 Å². The molecule has 1 aromatic carbocycles. The van der Waals surface area contributed by atoms with Crippen molar-refractivity contribution in [3.05, 3.63) is 35.9 Å². The molecule has 128 valence electrons. The molecule has 1 N–H and O–H groups in total. The Morgan fingerprint density at radius 1 is 1.39 bits per heavy atom. The molecule has 5 heteroatoms. The zero-order chi connectivity index (χ0) is 16.7. The Kier molecular flexibility index (Phi) is 6.86. The number of benzene rings is 1. The van der Waals surface area contributed by atoms with E-state index in [1.54, 1.807) is 7.11 Å². The fourth-order valence-electron chi connectivity index (χ4n) is 3.19. The lowest BCUT2D eigenvalue weighted by molar-refractivity contribution is 0.157. The van der Waals surface area contributed by atoms with Gasteiger partial charge in [-0.05, 0) is 26.1 Å². The predicted molar refractivity (Wildman–Crippen MR) is 95.8 cm³/mol. The average Bonchev–Trinajstić information content (AvgIpc) is 3.01. The number of hydrogen-bond donors (Lipinski definition) is 1. The minimum absolute atomic E-state index is 0.324. The van der Waals surface area contributed by atoms with Crippen molar-refractivity contribution in [2.24, 2.45) is 10.9 Å². The minimum atomic E-state index is 0.324. The topological polar surface area (TPSA) is 40.1 Å². The van der Waals surface area contributed by atoms with Crippen LogP contribution in [-0.2, 0) is 4.74 Å². The zero-order valence-corrected chi connectivity index (χ0v) is 14.8. The molecule has 0 aromatic heterocycles. The molecule has 0 spiro atoms.